The number of aryl methyl sites for hydroxylation is 1. The summed E-state index contributed by atoms with van der Waals surface area (Å²) in [5, 5.41) is 21.3. The number of nitrogens with two attached hydrogens (primary N) is 1. The number of hydrogen-bond acceptors (Lipinski definition) is 6. The van der Waals surface area contributed by atoms with E-state index < -0.39 is 5.54 Å². The molecule has 1 saturated carbocycles. The van der Waals surface area contributed by atoms with Gasteiger partial charge in [-0.05, 0) is 62.9 Å². The van der Waals surface area contributed by atoms with E-state index in [0.29, 0.717) is 29.5 Å². The molecule has 0 atom stereocenters. The lowest BCUT2D eigenvalue weighted by Crippen LogP contribution is -2.39. The van der Waals surface area contributed by atoms with E-state index in [4.69, 9.17) is 10.8 Å². The maximum atomic E-state index is 12.6. The zero-order valence-electron chi connectivity index (χ0n) is 20.9. The Morgan fingerprint density at radius 3 is 2.67 bits per heavy atom. The van der Waals surface area contributed by atoms with Gasteiger partial charge in [0, 0.05) is 34.8 Å². The summed E-state index contributed by atoms with van der Waals surface area (Å²) in [7, 11) is 0. The molecule has 0 unspecified atom stereocenters. The number of benzene rings is 2. The maximum Gasteiger partial charge on any atom is 0.251 e. The van der Waals surface area contributed by atoms with Crippen molar-refractivity contribution in [3.05, 3.63) is 71.4 Å². The van der Waals surface area contributed by atoms with Gasteiger partial charge < -0.3 is 21.5 Å². The number of nitrogens with one attached hydrogen (secondary N) is 2. The molecule has 8 heteroatoms. The van der Waals surface area contributed by atoms with E-state index in [1.807, 2.05) is 73.8 Å². The minimum absolute atomic E-state index is 0.0309. The summed E-state index contributed by atoms with van der Waals surface area (Å²) in [6.45, 7) is 6.32. The number of anilines is 1. The minimum atomic E-state index is -0.424. The highest BCUT2D eigenvalue weighted by molar-refractivity contribution is 5.96. The number of hydrogen-bond donors (Lipinski definition) is 4. The zero-order chi connectivity index (χ0) is 25.4. The van der Waals surface area contributed by atoms with Crippen molar-refractivity contribution >= 4 is 17.2 Å². The molecule has 186 valence electrons. The van der Waals surface area contributed by atoms with Gasteiger partial charge in [0.25, 0.3) is 5.91 Å². The van der Waals surface area contributed by atoms with Crippen LogP contribution < -0.4 is 16.4 Å². The third-order valence-electron chi connectivity index (χ3n) is 6.35. The van der Waals surface area contributed by atoms with Crippen molar-refractivity contribution in [1.29, 1.82) is 0 Å². The molecule has 2 aromatic carbocycles. The van der Waals surface area contributed by atoms with Gasteiger partial charge in [0.1, 0.15) is 0 Å². The lowest BCUT2D eigenvalue weighted by Gasteiger charge is -2.20. The summed E-state index contributed by atoms with van der Waals surface area (Å²) in [6.07, 6.45) is 3.90. The Morgan fingerprint density at radius 2 is 1.97 bits per heavy atom. The first-order valence-electron chi connectivity index (χ1n) is 12.3. The fourth-order valence-electron chi connectivity index (χ4n) is 4.23. The molecule has 8 nitrogen and oxygen atoms in total. The number of carbonyl (C=O) groups is 1. The van der Waals surface area contributed by atoms with Gasteiger partial charge in [-0.2, -0.15) is 5.10 Å². The summed E-state index contributed by atoms with van der Waals surface area (Å²) in [5.41, 5.74) is 12.9. The SMILES string of the molecule is Cc1cc(-c2cnc3c(NCC(C)(C)N)cc(-c4ccccc4CO)nn23)ccc1C(=O)NC1CC1. The highest BCUT2D eigenvalue weighted by Gasteiger charge is 2.25. The summed E-state index contributed by atoms with van der Waals surface area (Å²) in [6, 6.07) is 15.7. The van der Waals surface area contributed by atoms with E-state index in [1.165, 1.54) is 0 Å². The van der Waals surface area contributed by atoms with Crippen LogP contribution in [0.3, 0.4) is 0 Å². The normalized spacial score (nSPS) is 13.7. The molecule has 5 N–H and O–H groups in total. The zero-order valence-corrected chi connectivity index (χ0v) is 20.9. The van der Waals surface area contributed by atoms with Crippen LogP contribution in [-0.4, -0.2) is 43.7 Å². The second-order valence-corrected chi connectivity index (χ2v) is 10.3. The van der Waals surface area contributed by atoms with E-state index in [0.717, 1.165) is 46.5 Å². The lowest BCUT2D eigenvalue weighted by atomic mass is 10.0. The fourth-order valence-corrected chi connectivity index (χ4v) is 4.23. The highest BCUT2D eigenvalue weighted by atomic mass is 16.3. The number of aromatic nitrogens is 3. The van der Waals surface area contributed by atoms with Crippen LogP contribution in [0.2, 0.25) is 0 Å². The van der Waals surface area contributed by atoms with Crippen molar-refractivity contribution in [2.45, 2.75) is 51.8 Å². The van der Waals surface area contributed by atoms with Crippen molar-refractivity contribution < 1.29 is 9.90 Å². The number of fused-ring (bicyclic) bond motifs is 1. The topological polar surface area (TPSA) is 118 Å². The Balaban J connectivity index is 1.61. The predicted molar refractivity (Wildman–Crippen MR) is 142 cm³/mol. The molecule has 2 heterocycles. The predicted octanol–water partition coefficient (Wildman–Crippen LogP) is 3.91. The molecule has 1 amide bonds. The van der Waals surface area contributed by atoms with Crippen LogP contribution in [0.15, 0.2) is 54.7 Å². The number of amides is 1. The van der Waals surface area contributed by atoms with Gasteiger partial charge in [0.2, 0.25) is 0 Å². The third kappa shape index (κ3) is 4.96. The monoisotopic (exact) mass is 484 g/mol. The van der Waals surface area contributed by atoms with Crippen LogP contribution in [0.4, 0.5) is 5.69 Å². The van der Waals surface area contributed by atoms with Crippen molar-refractivity contribution in [2.75, 3.05) is 11.9 Å². The number of rotatable bonds is 8. The standard InChI is InChI=1S/C28H32N6O2/c1-17-12-18(8-11-21(17)27(36)32-20-9-10-20)25-14-30-26-24(31-16-28(2,3)29)13-23(33-34(25)26)22-7-5-4-6-19(22)15-35/h4-8,11-14,20,31,35H,9-10,15-16,29H2,1-3H3,(H,32,36). The van der Waals surface area contributed by atoms with E-state index in [9.17, 15) is 9.90 Å². The molecule has 0 aliphatic heterocycles. The molecule has 36 heavy (non-hydrogen) atoms. The first kappa shape index (κ1) is 24.0. The van der Waals surface area contributed by atoms with Gasteiger partial charge in [0.05, 0.1) is 29.9 Å². The molecule has 0 spiro atoms. The first-order chi connectivity index (χ1) is 17.2. The minimum Gasteiger partial charge on any atom is -0.392 e. The second kappa shape index (κ2) is 9.37. The third-order valence-corrected chi connectivity index (χ3v) is 6.35. The Kier molecular flexibility index (Phi) is 6.24. The van der Waals surface area contributed by atoms with Gasteiger partial charge in [-0.3, -0.25) is 4.79 Å². The van der Waals surface area contributed by atoms with Crippen molar-refractivity contribution in [3.8, 4) is 22.5 Å². The number of aliphatic hydroxyl groups excluding tert-OH is 1. The molecular weight excluding hydrogens is 452 g/mol. The Hall–Kier alpha value is -3.75. The average Bonchev–Trinajstić information content (AvgIpc) is 3.56. The lowest BCUT2D eigenvalue weighted by molar-refractivity contribution is 0.0950. The number of aliphatic hydroxyl groups is 1. The molecule has 0 saturated heterocycles. The summed E-state index contributed by atoms with van der Waals surface area (Å²) >= 11 is 0. The summed E-state index contributed by atoms with van der Waals surface area (Å²) in [5.74, 6) is -0.0309. The summed E-state index contributed by atoms with van der Waals surface area (Å²) in [4.78, 5) is 17.3. The van der Waals surface area contributed by atoms with Crippen molar-refractivity contribution in [3.63, 3.8) is 0 Å². The molecule has 1 fully saturated rings. The van der Waals surface area contributed by atoms with Crippen LogP contribution in [0.5, 0.6) is 0 Å². The smallest absolute Gasteiger partial charge is 0.251 e. The number of imidazole rings is 1. The molecule has 5 rings (SSSR count). The first-order valence-corrected chi connectivity index (χ1v) is 12.3. The van der Waals surface area contributed by atoms with Crippen molar-refractivity contribution in [2.24, 2.45) is 5.73 Å². The van der Waals surface area contributed by atoms with Crippen molar-refractivity contribution in [1.82, 2.24) is 19.9 Å². The second-order valence-electron chi connectivity index (χ2n) is 10.3. The van der Waals surface area contributed by atoms with Crippen LogP contribution in [0.25, 0.3) is 28.2 Å². The van der Waals surface area contributed by atoms with Gasteiger partial charge in [-0.25, -0.2) is 9.50 Å². The Morgan fingerprint density at radius 1 is 1.19 bits per heavy atom. The molecular formula is C28H32N6O2. The van der Waals surface area contributed by atoms with Crippen LogP contribution in [0.1, 0.15) is 48.2 Å². The molecule has 0 radical (unpaired) electrons. The van der Waals surface area contributed by atoms with E-state index in [-0.39, 0.29) is 12.5 Å². The highest BCUT2D eigenvalue weighted by Crippen LogP contribution is 2.31. The quantitative estimate of drug-likeness (QED) is 0.301. The van der Waals surface area contributed by atoms with E-state index in [1.54, 1.807) is 6.20 Å². The number of carbonyl (C=O) groups excluding carboxylic acids is 1. The van der Waals surface area contributed by atoms with Gasteiger partial charge in [-0.15, -0.1) is 0 Å². The Bertz CT molecular complexity index is 1430. The van der Waals surface area contributed by atoms with E-state index in [2.05, 4.69) is 15.6 Å². The van der Waals surface area contributed by atoms with E-state index >= 15 is 0 Å². The largest absolute Gasteiger partial charge is 0.392 e. The molecule has 0 bridgehead atoms. The van der Waals surface area contributed by atoms with Crippen LogP contribution in [-0.2, 0) is 6.61 Å². The Labute approximate surface area is 210 Å². The van der Waals surface area contributed by atoms with Gasteiger partial charge in [0.15, 0.2) is 5.65 Å². The van der Waals surface area contributed by atoms with Gasteiger partial charge >= 0.3 is 0 Å². The fraction of sp³-hybridized carbons (Fsp3) is 0.321. The molecule has 1 aliphatic carbocycles. The molecule has 2 aromatic heterocycles. The maximum absolute atomic E-state index is 12.6. The van der Waals surface area contributed by atoms with Crippen LogP contribution >= 0.6 is 0 Å². The number of nitrogens with zero attached hydrogens (tertiary/aromatic N) is 3. The molecule has 1 aliphatic rings. The van der Waals surface area contributed by atoms with Crippen LogP contribution in [0, 0.1) is 6.92 Å². The average molecular weight is 485 g/mol. The van der Waals surface area contributed by atoms with Gasteiger partial charge in [-0.1, -0.05) is 30.3 Å². The summed E-state index contributed by atoms with van der Waals surface area (Å²) < 4.78 is 1.81. The molecule has 4 aromatic rings.